The van der Waals surface area contributed by atoms with Crippen LogP contribution in [0.1, 0.15) is 21.7 Å². The summed E-state index contributed by atoms with van der Waals surface area (Å²) in [5.41, 5.74) is 4.29. The van der Waals surface area contributed by atoms with E-state index < -0.39 is 10.0 Å². The zero-order valence-corrected chi connectivity index (χ0v) is 15.7. The van der Waals surface area contributed by atoms with Crippen LogP contribution in [0.25, 0.3) is 11.1 Å². The maximum absolute atomic E-state index is 12.3. The van der Waals surface area contributed by atoms with Crippen LogP contribution in [-0.4, -0.2) is 50.0 Å². The SMILES string of the molecule is Cc1ccc(-c2cccc(C(=O)NCCN(C)S(C)(=O)=O)c2)c(C)n1. The number of hydrogen-bond acceptors (Lipinski definition) is 4. The van der Waals surface area contributed by atoms with Gasteiger partial charge in [-0.25, -0.2) is 12.7 Å². The van der Waals surface area contributed by atoms with Crippen molar-refractivity contribution in [3.8, 4) is 11.1 Å². The van der Waals surface area contributed by atoms with E-state index in [0.717, 1.165) is 28.8 Å². The highest BCUT2D eigenvalue weighted by Gasteiger charge is 2.12. The minimum absolute atomic E-state index is 0.227. The Bertz CT molecular complexity index is 879. The van der Waals surface area contributed by atoms with Crippen molar-refractivity contribution >= 4 is 15.9 Å². The summed E-state index contributed by atoms with van der Waals surface area (Å²) in [6.07, 6.45) is 1.14. The molecule has 2 aromatic rings. The van der Waals surface area contributed by atoms with Gasteiger partial charge in [-0.3, -0.25) is 9.78 Å². The van der Waals surface area contributed by atoms with Crippen molar-refractivity contribution in [3.05, 3.63) is 53.3 Å². The molecule has 0 aliphatic rings. The van der Waals surface area contributed by atoms with Crippen molar-refractivity contribution in [2.24, 2.45) is 0 Å². The fraction of sp³-hybridized carbons (Fsp3) is 0.333. The number of sulfonamides is 1. The normalized spacial score (nSPS) is 11.6. The van der Waals surface area contributed by atoms with Gasteiger partial charge < -0.3 is 5.32 Å². The maximum Gasteiger partial charge on any atom is 0.251 e. The van der Waals surface area contributed by atoms with E-state index in [2.05, 4.69) is 10.3 Å². The molecule has 7 heteroatoms. The molecule has 1 N–H and O–H groups in total. The summed E-state index contributed by atoms with van der Waals surface area (Å²) in [6.45, 7) is 4.35. The largest absolute Gasteiger partial charge is 0.351 e. The molecule has 0 bridgehead atoms. The highest BCUT2D eigenvalue weighted by atomic mass is 32.2. The van der Waals surface area contributed by atoms with Crippen molar-refractivity contribution < 1.29 is 13.2 Å². The van der Waals surface area contributed by atoms with Gasteiger partial charge in [0.15, 0.2) is 0 Å². The number of aryl methyl sites for hydroxylation is 2. The molecule has 0 spiro atoms. The Balaban J connectivity index is 2.09. The van der Waals surface area contributed by atoms with Crippen LogP contribution in [0.2, 0.25) is 0 Å². The van der Waals surface area contributed by atoms with Gasteiger partial charge in [0.05, 0.1) is 6.26 Å². The first-order valence-electron chi connectivity index (χ1n) is 7.92. The number of nitrogens with one attached hydrogen (secondary N) is 1. The number of benzene rings is 1. The van der Waals surface area contributed by atoms with Gasteiger partial charge in [0.25, 0.3) is 5.91 Å². The zero-order valence-electron chi connectivity index (χ0n) is 14.9. The van der Waals surface area contributed by atoms with Crippen LogP contribution in [0.5, 0.6) is 0 Å². The number of likely N-dealkylation sites (N-methyl/N-ethyl adjacent to an activating group) is 1. The van der Waals surface area contributed by atoms with Crippen LogP contribution in [-0.2, 0) is 10.0 Å². The first kappa shape index (κ1) is 19.1. The second-order valence-corrected chi connectivity index (χ2v) is 8.10. The number of nitrogens with zero attached hydrogens (tertiary/aromatic N) is 2. The lowest BCUT2D eigenvalue weighted by atomic mass is 10.0. The number of pyridine rings is 1. The van der Waals surface area contributed by atoms with Gasteiger partial charge in [-0.1, -0.05) is 18.2 Å². The van der Waals surface area contributed by atoms with Crippen LogP contribution < -0.4 is 5.32 Å². The van der Waals surface area contributed by atoms with Crippen LogP contribution >= 0.6 is 0 Å². The molecule has 1 aromatic carbocycles. The molecule has 0 aliphatic heterocycles. The number of carbonyl (C=O) groups excluding carboxylic acids is 1. The number of amides is 1. The molecular formula is C18H23N3O3S. The Kier molecular flexibility index (Phi) is 5.92. The van der Waals surface area contributed by atoms with Gasteiger partial charge in [0.1, 0.15) is 0 Å². The lowest BCUT2D eigenvalue weighted by Crippen LogP contribution is -2.35. The summed E-state index contributed by atoms with van der Waals surface area (Å²) in [5.74, 6) is -0.235. The highest BCUT2D eigenvalue weighted by molar-refractivity contribution is 7.88. The molecule has 1 amide bonds. The highest BCUT2D eigenvalue weighted by Crippen LogP contribution is 2.23. The third-order valence-corrected chi connectivity index (χ3v) is 5.25. The first-order valence-corrected chi connectivity index (χ1v) is 9.77. The molecule has 2 rings (SSSR count). The van der Waals surface area contributed by atoms with Crippen molar-refractivity contribution in [2.45, 2.75) is 13.8 Å². The smallest absolute Gasteiger partial charge is 0.251 e. The summed E-state index contributed by atoms with van der Waals surface area (Å²) in [6, 6.07) is 11.2. The van der Waals surface area contributed by atoms with E-state index in [4.69, 9.17) is 0 Å². The number of carbonyl (C=O) groups is 1. The fourth-order valence-electron chi connectivity index (χ4n) is 2.41. The van der Waals surface area contributed by atoms with Crippen molar-refractivity contribution in [3.63, 3.8) is 0 Å². The van der Waals surface area contributed by atoms with Gasteiger partial charge in [0, 0.05) is 42.7 Å². The molecule has 0 atom stereocenters. The van der Waals surface area contributed by atoms with Crippen LogP contribution in [0.4, 0.5) is 0 Å². The van der Waals surface area contributed by atoms with E-state index in [-0.39, 0.29) is 19.0 Å². The Morgan fingerprint density at radius 3 is 2.56 bits per heavy atom. The standard InChI is InChI=1S/C18H23N3O3S/c1-13-8-9-17(14(2)20-13)15-6-5-7-16(12-15)18(22)19-10-11-21(3)25(4,23)24/h5-9,12H,10-11H2,1-4H3,(H,19,22). The van der Waals surface area contributed by atoms with Crippen LogP contribution in [0.3, 0.4) is 0 Å². The minimum atomic E-state index is -3.24. The third kappa shape index (κ3) is 5.11. The second kappa shape index (κ2) is 7.76. The van der Waals surface area contributed by atoms with E-state index in [0.29, 0.717) is 5.56 Å². The molecular weight excluding hydrogens is 338 g/mol. The molecule has 0 radical (unpaired) electrons. The summed E-state index contributed by atoms with van der Waals surface area (Å²) in [7, 11) is -1.76. The van der Waals surface area contributed by atoms with Crippen molar-refractivity contribution in [1.82, 2.24) is 14.6 Å². The molecule has 0 saturated carbocycles. The third-order valence-electron chi connectivity index (χ3n) is 3.94. The fourth-order valence-corrected chi connectivity index (χ4v) is 2.84. The lowest BCUT2D eigenvalue weighted by Gasteiger charge is -2.14. The predicted molar refractivity (Wildman–Crippen MR) is 99.0 cm³/mol. The molecule has 1 aromatic heterocycles. The number of rotatable bonds is 6. The zero-order chi connectivity index (χ0) is 18.6. The quantitative estimate of drug-likeness (QED) is 0.853. The van der Waals surface area contributed by atoms with Gasteiger partial charge in [0.2, 0.25) is 10.0 Å². The predicted octanol–water partition coefficient (Wildman–Crippen LogP) is 1.99. The average molecular weight is 361 g/mol. The Morgan fingerprint density at radius 1 is 1.20 bits per heavy atom. The monoisotopic (exact) mass is 361 g/mol. The first-order chi connectivity index (χ1) is 11.7. The lowest BCUT2D eigenvalue weighted by molar-refractivity contribution is 0.0952. The molecule has 134 valence electrons. The van der Waals surface area contributed by atoms with E-state index in [1.165, 1.54) is 11.4 Å². The number of aromatic nitrogens is 1. The van der Waals surface area contributed by atoms with Gasteiger partial charge in [-0.15, -0.1) is 0 Å². The van der Waals surface area contributed by atoms with E-state index >= 15 is 0 Å². The molecule has 0 saturated heterocycles. The summed E-state index contributed by atoms with van der Waals surface area (Å²) in [5, 5.41) is 2.74. The van der Waals surface area contributed by atoms with Gasteiger partial charge in [-0.2, -0.15) is 0 Å². The molecule has 25 heavy (non-hydrogen) atoms. The topological polar surface area (TPSA) is 79.4 Å². The summed E-state index contributed by atoms with van der Waals surface area (Å²) < 4.78 is 23.9. The maximum atomic E-state index is 12.3. The van der Waals surface area contributed by atoms with Crippen molar-refractivity contribution in [2.75, 3.05) is 26.4 Å². The van der Waals surface area contributed by atoms with E-state index in [9.17, 15) is 13.2 Å². The minimum Gasteiger partial charge on any atom is -0.351 e. The Labute approximate surface area is 148 Å². The number of hydrogen-bond donors (Lipinski definition) is 1. The molecule has 0 unspecified atom stereocenters. The molecule has 1 heterocycles. The average Bonchev–Trinajstić information content (AvgIpc) is 2.53. The van der Waals surface area contributed by atoms with E-state index in [1.54, 1.807) is 6.07 Å². The molecule has 0 aliphatic carbocycles. The Hall–Kier alpha value is -2.25. The van der Waals surface area contributed by atoms with Gasteiger partial charge in [-0.05, 0) is 37.6 Å². The summed E-state index contributed by atoms with van der Waals surface area (Å²) >= 11 is 0. The summed E-state index contributed by atoms with van der Waals surface area (Å²) in [4.78, 5) is 16.8. The van der Waals surface area contributed by atoms with E-state index in [1.807, 2.05) is 44.2 Å². The van der Waals surface area contributed by atoms with Crippen LogP contribution in [0.15, 0.2) is 36.4 Å². The Morgan fingerprint density at radius 2 is 1.92 bits per heavy atom. The van der Waals surface area contributed by atoms with Crippen LogP contribution in [0, 0.1) is 13.8 Å². The van der Waals surface area contributed by atoms with Gasteiger partial charge >= 0.3 is 0 Å². The molecule has 6 nitrogen and oxygen atoms in total. The second-order valence-electron chi connectivity index (χ2n) is 6.01. The molecule has 0 fully saturated rings. The van der Waals surface area contributed by atoms with Crippen molar-refractivity contribution in [1.29, 1.82) is 0 Å².